The zero-order chi connectivity index (χ0) is 22.8. The summed E-state index contributed by atoms with van der Waals surface area (Å²) in [6.07, 6.45) is 3.86. The first-order chi connectivity index (χ1) is 15.6. The summed E-state index contributed by atoms with van der Waals surface area (Å²) in [5, 5.41) is 2.80. The number of carbonyl (C=O) groups is 2. The summed E-state index contributed by atoms with van der Waals surface area (Å²) >= 11 is 0. The van der Waals surface area contributed by atoms with Gasteiger partial charge in [-0.05, 0) is 66.6 Å². The second kappa shape index (κ2) is 11.4. The van der Waals surface area contributed by atoms with Crippen LogP contribution in [-0.2, 0) is 4.79 Å². The number of anilines is 1. The Kier molecular flexibility index (Phi) is 8.03. The average molecular weight is 431 g/mol. The first-order valence-electron chi connectivity index (χ1n) is 10.3. The number of methoxy groups -OCH3 is 1. The third kappa shape index (κ3) is 6.47. The number of rotatable bonds is 9. The lowest BCUT2D eigenvalue weighted by atomic mass is 10.2. The van der Waals surface area contributed by atoms with Crippen molar-refractivity contribution >= 4 is 23.6 Å². The molecule has 3 rings (SSSR count). The highest BCUT2D eigenvalue weighted by atomic mass is 16.5. The zero-order valence-electron chi connectivity index (χ0n) is 18.0. The quantitative estimate of drug-likeness (QED) is 0.281. The topological polar surface area (TPSA) is 73.9 Å². The maximum Gasteiger partial charge on any atom is 0.336 e. The van der Waals surface area contributed by atoms with Crippen LogP contribution in [0.25, 0.3) is 6.08 Å². The minimum Gasteiger partial charge on any atom is -0.493 e. The third-order valence-electron chi connectivity index (χ3n) is 4.43. The Bertz CT molecular complexity index is 1080. The van der Waals surface area contributed by atoms with E-state index >= 15 is 0 Å². The van der Waals surface area contributed by atoms with Gasteiger partial charge in [0.25, 0.3) is 5.91 Å². The number of hydrogen-bond acceptors (Lipinski definition) is 5. The standard InChI is InChI=1S/C26H25NO5/c1-3-17-31-23-15-9-19(18-24(23)30-2)10-16-25(28)32-22-13-11-20(12-14-22)26(29)27-21-7-5-4-6-8-21/h4-16,18H,3,17H2,1-2H3,(H,27,29)/b16-10+. The van der Waals surface area contributed by atoms with Crippen LogP contribution >= 0.6 is 0 Å². The minimum absolute atomic E-state index is 0.241. The van der Waals surface area contributed by atoms with E-state index in [1.165, 1.54) is 6.08 Å². The van der Waals surface area contributed by atoms with Crippen LogP contribution in [-0.4, -0.2) is 25.6 Å². The summed E-state index contributed by atoms with van der Waals surface area (Å²) in [6.45, 7) is 2.63. The Morgan fingerprint density at radius 3 is 2.38 bits per heavy atom. The Labute approximate surface area is 187 Å². The van der Waals surface area contributed by atoms with Crippen molar-refractivity contribution in [3.8, 4) is 17.2 Å². The fourth-order valence-corrected chi connectivity index (χ4v) is 2.83. The summed E-state index contributed by atoms with van der Waals surface area (Å²) in [5.74, 6) is 0.826. The van der Waals surface area contributed by atoms with E-state index in [-0.39, 0.29) is 5.91 Å². The lowest BCUT2D eigenvalue weighted by Crippen LogP contribution is -2.11. The van der Waals surface area contributed by atoms with Gasteiger partial charge >= 0.3 is 5.97 Å². The first kappa shape index (κ1) is 22.6. The van der Waals surface area contributed by atoms with Gasteiger partial charge < -0.3 is 19.5 Å². The molecule has 6 heteroatoms. The zero-order valence-corrected chi connectivity index (χ0v) is 18.0. The molecule has 0 aliphatic heterocycles. The van der Waals surface area contributed by atoms with Gasteiger partial charge in [0.05, 0.1) is 13.7 Å². The molecule has 0 saturated heterocycles. The maximum absolute atomic E-state index is 12.3. The highest BCUT2D eigenvalue weighted by Crippen LogP contribution is 2.28. The van der Waals surface area contributed by atoms with Gasteiger partial charge in [0.1, 0.15) is 5.75 Å². The van der Waals surface area contributed by atoms with Gasteiger partial charge in [0.2, 0.25) is 0 Å². The highest BCUT2D eigenvalue weighted by Gasteiger charge is 2.08. The lowest BCUT2D eigenvalue weighted by Gasteiger charge is -2.10. The molecule has 0 heterocycles. The van der Waals surface area contributed by atoms with E-state index in [1.807, 2.05) is 43.3 Å². The van der Waals surface area contributed by atoms with E-state index in [0.29, 0.717) is 35.1 Å². The predicted octanol–water partition coefficient (Wildman–Crippen LogP) is 5.36. The van der Waals surface area contributed by atoms with Crippen LogP contribution in [0.4, 0.5) is 5.69 Å². The summed E-state index contributed by atoms with van der Waals surface area (Å²) < 4.78 is 16.3. The van der Waals surface area contributed by atoms with Gasteiger partial charge in [-0.2, -0.15) is 0 Å². The van der Waals surface area contributed by atoms with E-state index in [4.69, 9.17) is 14.2 Å². The third-order valence-corrected chi connectivity index (χ3v) is 4.43. The summed E-state index contributed by atoms with van der Waals surface area (Å²) in [5.41, 5.74) is 1.94. The van der Waals surface area contributed by atoms with Crippen molar-refractivity contribution in [2.24, 2.45) is 0 Å². The Balaban J connectivity index is 1.57. The second-order valence-electron chi connectivity index (χ2n) is 6.86. The molecule has 32 heavy (non-hydrogen) atoms. The number of hydrogen-bond donors (Lipinski definition) is 1. The normalized spacial score (nSPS) is 10.6. The van der Waals surface area contributed by atoms with Crippen LogP contribution in [0.5, 0.6) is 17.2 Å². The van der Waals surface area contributed by atoms with E-state index in [9.17, 15) is 9.59 Å². The first-order valence-corrected chi connectivity index (χ1v) is 10.3. The molecule has 0 bridgehead atoms. The summed E-state index contributed by atoms with van der Waals surface area (Å²) in [6, 6.07) is 21.0. The fourth-order valence-electron chi connectivity index (χ4n) is 2.83. The molecule has 0 aromatic heterocycles. The van der Waals surface area contributed by atoms with Gasteiger partial charge in [-0.1, -0.05) is 31.2 Å². The van der Waals surface area contributed by atoms with Crippen LogP contribution < -0.4 is 19.5 Å². The molecular formula is C26H25NO5. The van der Waals surface area contributed by atoms with Crippen molar-refractivity contribution in [1.29, 1.82) is 0 Å². The molecule has 0 fully saturated rings. The van der Waals surface area contributed by atoms with Crippen LogP contribution in [0, 0.1) is 0 Å². The molecule has 0 aliphatic carbocycles. The number of para-hydroxylation sites is 1. The van der Waals surface area contributed by atoms with Crippen molar-refractivity contribution in [2.75, 3.05) is 19.0 Å². The number of amides is 1. The minimum atomic E-state index is -0.531. The van der Waals surface area contributed by atoms with E-state index in [0.717, 1.165) is 12.0 Å². The SMILES string of the molecule is CCCOc1ccc(/C=C/C(=O)Oc2ccc(C(=O)Nc3ccccc3)cc2)cc1OC. The molecule has 0 unspecified atom stereocenters. The van der Waals surface area contributed by atoms with Gasteiger partial charge in [-0.25, -0.2) is 4.79 Å². The van der Waals surface area contributed by atoms with Gasteiger partial charge in [-0.3, -0.25) is 4.79 Å². The monoisotopic (exact) mass is 431 g/mol. The largest absolute Gasteiger partial charge is 0.493 e. The average Bonchev–Trinajstić information content (AvgIpc) is 2.82. The molecule has 0 spiro atoms. The highest BCUT2D eigenvalue weighted by molar-refractivity contribution is 6.04. The van der Waals surface area contributed by atoms with Crippen molar-refractivity contribution in [1.82, 2.24) is 0 Å². The van der Waals surface area contributed by atoms with Crippen LogP contribution in [0.3, 0.4) is 0 Å². The Morgan fingerprint density at radius 2 is 1.69 bits per heavy atom. The molecule has 1 amide bonds. The molecule has 3 aromatic rings. The smallest absolute Gasteiger partial charge is 0.336 e. The van der Waals surface area contributed by atoms with E-state index < -0.39 is 5.97 Å². The Hall–Kier alpha value is -4.06. The molecule has 164 valence electrons. The number of benzene rings is 3. The maximum atomic E-state index is 12.3. The van der Waals surface area contributed by atoms with Gasteiger partial charge in [0, 0.05) is 17.3 Å². The van der Waals surface area contributed by atoms with Gasteiger partial charge in [-0.15, -0.1) is 0 Å². The number of nitrogens with one attached hydrogen (secondary N) is 1. The fraction of sp³-hybridized carbons (Fsp3) is 0.154. The number of esters is 1. The summed E-state index contributed by atoms with van der Waals surface area (Å²) in [4.78, 5) is 24.5. The predicted molar refractivity (Wildman–Crippen MR) is 124 cm³/mol. The van der Waals surface area contributed by atoms with Crippen molar-refractivity contribution in [2.45, 2.75) is 13.3 Å². The Morgan fingerprint density at radius 1 is 0.938 bits per heavy atom. The van der Waals surface area contributed by atoms with Crippen molar-refractivity contribution in [3.63, 3.8) is 0 Å². The molecule has 1 N–H and O–H groups in total. The summed E-state index contributed by atoms with van der Waals surface area (Å²) in [7, 11) is 1.57. The molecular weight excluding hydrogens is 406 g/mol. The van der Waals surface area contributed by atoms with Crippen molar-refractivity contribution in [3.05, 3.63) is 90.0 Å². The van der Waals surface area contributed by atoms with E-state index in [1.54, 1.807) is 49.6 Å². The molecule has 0 saturated carbocycles. The van der Waals surface area contributed by atoms with Crippen LogP contribution in [0.2, 0.25) is 0 Å². The molecule has 3 aromatic carbocycles. The lowest BCUT2D eigenvalue weighted by molar-refractivity contribution is -0.128. The molecule has 0 aliphatic rings. The number of ether oxygens (including phenoxy) is 3. The molecule has 6 nitrogen and oxygen atoms in total. The van der Waals surface area contributed by atoms with Gasteiger partial charge in [0.15, 0.2) is 11.5 Å². The van der Waals surface area contributed by atoms with E-state index in [2.05, 4.69) is 5.32 Å². The van der Waals surface area contributed by atoms with Crippen LogP contribution in [0.1, 0.15) is 29.3 Å². The van der Waals surface area contributed by atoms with Crippen LogP contribution in [0.15, 0.2) is 78.9 Å². The molecule has 0 atom stereocenters. The number of carbonyl (C=O) groups excluding carboxylic acids is 2. The molecule has 0 radical (unpaired) electrons. The van der Waals surface area contributed by atoms with Crippen molar-refractivity contribution < 1.29 is 23.8 Å². The second-order valence-corrected chi connectivity index (χ2v) is 6.86.